The summed E-state index contributed by atoms with van der Waals surface area (Å²) in [6.07, 6.45) is 4.18. The molecule has 0 saturated heterocycles. The zero-order chi connectivity index (χ0) is 18.1. The maximum atomic E-state index is 13.7. The van der Waals surface area contributed by atoms with Gasteiger partial charge in [0.25, 0.3) is 0 Å². The standard InChI is InChI=1S/C19H27FO4/c1-12(18(2,3)15-11-14(20)9-10-16(15)21)19(24,17(22)23)13-7-5-4-6-8-13/h9-13,21,24H,4-8H2,1-3H3,(H,22,23). The van der Waals surface area contributed by atoms with Gasteiger partial charge in [0.15, 0.2) is 5.60 Å². The third-order valence-corrected chi connectivity index (χ3v) is 5.97. The van der Waals surface area contributed by atoms with Crippen molar-refractivity contribution in [2.45, 2.75) is 63.9 Å². The Hall–Kier alpha value is -1.62. The van der Waals surface area contributed by atoms with Gasteiger partial charge in [-0.1, -0.05) is 40.0 Å². The summed E-state index contributed by atoms with van der Waals surface area (Å²) in [5.41, 5.74) is -2.52. The average molecular weight is 338 g/mol. The Kier molecular flexibility index (Phi) is 5.23. The van der Waals surface area contributed by atoms with E-state index in [4.69, 9.17) is 0 Å². The topological polar surface area (TPSA) is 77.8 Å². The van der Waals surface area contributed by atoms with Gasteiger partial charge in [0.1, 0.15) is 11.6 Å². The number of carboxylic acids is 1. The van der Waals surface area contributed by atoms with Crippen LogP contribution in [0, 0.1) is 17.7 Å². The fraction of sp³-hybridized carbons (Fsp3) is 0.632. The van der Waals surface area contributed by atoms with E-state index in [1.165, 1.54) is 12.1 Å². The molecule has 3 N–H and O–H groups in total. The highest BCUT2D eigenvalue weighted by molar-refractivity contribution is 5.78. The molecule has 0 bridgehead atoms. The number of carbonyl (C=O) groups is 1. The Bertz CT molecular complexity index is 607. The average Bonchev–Trinajstić information content (AvgIpc) is 2.56. The lowest BCUT2D eigenvalue weighted by molar-refractivity contribution is -0.179. The van der Waals surface area contributed by atoms with Crippen LogP contribution in [0.3, 0.4) is 0 Å². The molecular formula is C19H27FO4. The summed E-state index contributed by atoms with van der Waals surface area (Å²) < 4.78 is 13.7. The van der Waals surface area contributed by atoms with E-state index in [0.29, 0.717) is 18.4 Å². The minimum absolute atomic E-state index is 0.0929. The number of aromatic hydroxyl groups is 1. The molecule has 1 aromatic rings. The Labute approximate surface area is 142 Å². The maximum Gasteiger partial charge on any atom is 0.336 e. The van der Waals surface area contributed by atoms with Crippen molar-refractivity contribution >= 4 is 5.97 Å². The minimum Gasteiger partial charge on any atom is -0.508 e. The van der Waals surface area contributed by atoms with Crippen LogP contribution in [0.4, 0.5) is 4.39 Å². The van der Waals surface area contributed by atoms with Gasteiger partial charge in [-0.25, -0.2) is 9.18 Å². The van der Waals surface area contributed by atoms with Crippen molar-refractivity contribution in [3.63, 3.8) is 0 Å². The fourth-order valence-electron chi connectivity index (χ4n) is 4.06. The molecule has 24 heavy (non-hydrogen) atoms. The molecule has 0 aromatic heterocycles. The molecule has 4 nitrogen and oxygen atoms in total. The van der Waals surface area contributed by atoms with E-state index in [0.717, 1.165) is 25.3 Å². The first-order valence-corrected chi connectivity index (χ1v) is 8.56. The van der Waals surface area contributed by atoms with Crippen LogP contribution in [0.5, 0.6) is 5.75 Å². The second-order valence-corrected chi connectivity index (χ2v) is 7.57. The van der Waals surface area contributed by atoms with Crippen LogP contribution in [0.25, 0.3) is 0 Å². The van der Waals surface area contributed by atoms with Gasteiger partial charge in [-0.3, -0.25) is 0 Å². The number of carboxylic acid groups (broad SMARTS) is 1. The molecule has 0 aliphatic heterocycles. The first-order valence-electron chi connectivity index (χ1n) is 8.56. The molecule has 1 aromatic carbocycles. The van der Waals surface area contributed by atoms with Crippen LogP contribution in [0.15, 0.2) is 18.2 Å². The first-order chi connectivity index (χ1) is 11.1. The molecule has 5 heteroatoms. The molecule has 0 radical (unpaired) electrons. The third-order valence-electron chi connectivity index (χ3n) is 5.97. The monoisotopic (exact) mass is 338 g/mol. The van der Waals surface area contributed by atoms with Gasteiger partial charge in [-0.05, 0) is 42.4 Å². The van der Waals surface area contributed by atoms with Crippen molar-refractivity contribution < 1.29 is 24.5 Å². The smallest absolute Gasteiger partial charge is 0.336 e. The summed E-state index contributed by atoms with van der Waals surface area (Å²) in [6.45, 7) is 5.15. The molecule has 1 aliphatic rings. The van der Waals surface area contributed by atoms with Crippen molar-refractivity contribution in [1.82, 2.24) is 0 Å². The van der Waals surface area contributed by atoms with Crippen LogP contribution in [0.1, 0.15) is 58.4 Å². The molecular weight excluding hydrogens is 311 g/mol. The molecule has 0 heterocycles. The number of halogens is 1. The highest BCUT2D eigenvalue weighted by Gasteiger charge is 2.54. The largest absolute Gasteiger partial charge is 0.508 e. The van der Waals surface area contributed by atoms with Gasteiger partial charge in [0.05, 0.1) is 0 Å². The van der Waals surface area contributed by atoms with Gasteiger partial charge >= 0.3 is 5.97 Å². The summed E-state index contributed by atoms with van der Waals surface area (Å²) in [4.78, 5) is 12.0. The van der Waals surface area contributed by atoms with E-state index in [1.54, 1.807) is 20.8 Å². The fourth-order valence-corrected chi connectivity index (χ4v) is 4.06. The Morgan fingerprint density at radius 3 is 2.38 bits per heavy atom. The number of hydrogen-bond donors (Lipinski definition) is 3. The number of phenolic OH excluding ortho intramolecular Hbond substituents is 1. The lowest BCUT2D eigenvalue weighted by Crippen LogP contribution is -2.57. The van der Waals surface area contributed by atoms with Crippen molar-refractivity contribution in [2.24, 2.45) is 11.8 Å². The number of phenols is 1. The van der Waals surface area contributed by atoms with Gasteiger partial charge in [-0.2, -0.15) is 0 Å². The van der Waals surface area contributed by atoms with E-state index in [1.807, 2.05) is 0 Å². The van der Waals surface area contributed by atoms with E-state index in [-0.39, 0.29) is 11.7 Å². The van der Waals surface area contributed by atoms with Crippen molar-refractivity contribution in [3.8, 4) is 5.75 Å². The molecule has 0 amide bonds. The number of benzene rings is 1. The molecule has 2 rings (SSSR count). The highest BCUT2D eigenvalue weighted by Crippen LogP contribution is 2.47. The van der Waals surface area contributed by atoms with E-state index >= 15 is 0 Å². The first kappa shape index (κ1) is 18.7. The maximum absolute atomic E-state index is 13.7. The summed E-state index contributed by atoms with van der Waals surface area (Å²) in [6, 6.07) is 3.64. The zero-order valence-corrected chi connectivity index (χ0v) is 14.6. The molecule has 2 atom stereocenters. The zero-order valence-electron chi connectivity index (χ0n) is 14.6. The summed E-state index contributed by atoms with van der Waals surface area (Å²) in [5.74, 6) is -2.89. The molecule has 1 fully saturated rings. The Balaban J connectivity index is 2.46. The summed E-state index contributed by atoms with van der Waals surface area (Å²) in [5, 5.41) is 31.1. The van der Waals surface area contributed by atoms with Crippen molar-refractivity contribution in [2.75, 3.05) is 0 Å². The lowest BCUT2D eigenvalue weighted by Gasteiger charge is -2.46. The van der Waals surface area contributed by atoms with Crippen LogP contribution in [-0.2, 0) is 10.2 Å². The van der Waals surface area contributed by atoms with E-state index < -0.39 is 28.7 Å². The number of rotatable bonds is 5. The van der Waals surface area contributed by atoms with Gasteiger partial charge in [-0.15, -0.1) is 0 Å². The minimum atomic E-state index is -1.91. The highest BCUT2D eigenvalue weighted by atomic mass is 19.1. The Morgan fingerprint density at radius 1 is 1.25 bits per heavy atom. The van der Waals surface area contributed by atoms with Gasteiger partial charge in [0, 0.05) is 11.5 Å². The van der Waals surface area contributed by atoms with E-state index in [9.17, 15) is 24.5 Å². The Morgan fingerprint density at radius 2 is 1.83 bits per heavy atom. The van der Waals surface area contributed by atoms with Crippen LogP contribution >= 0.6 is 0 Å². The quantitative estimate of drug-likeness (QED) is 0.762. The van der Waals surface area contributed by atoms with E-state index in [2.05, 4.69) is 0 Å². The number of aliphatic hydroxyl groups is 1. The number of aliphatic carboxylic acids is 1. The van der Waals surface area contributed by atoms with Crippen molar-refractivity contribution in [3.05, 3.63) is 29.6 Å². The van der Waals surface area contributed by atoms with Crippen LogP contribution in [0.2, 0.25) is 0 Å². The third kappa shape index (κ3) is 3.14. The molecule has 1 saturated carbocycles. The van der Waals surface area contributed by atoms with Crippen LogP contribution < -0.4 is 0 Å². The lowest BCUT2D eigenvalue weighted by atomic mass is 9.60. The molecule has 0 spiro atoms. The number of hydrogen-bond acceptors (Lipinski definition) is 3. The van der Waals surface area contributed by atoms with Gasteiger partial charge < -0.3 is 15.3 Å². The second kappa shape index (κ2) is 6.71. The summed E-state index contributed by atoms with van der Waals surface area (Å²) in [7, 11) is 0. The molecule has 1 aliphatic carbocycles. The molecule has 134 valence electrons. The normalized spacial score (nSPS) is 20.4. The predicted octanol–water partition coefficient (Wildman–Crippen LogP) is 3.84. The summed E-state index contributed by atoms with van der Waals surface area (Å²) >= 11 is 0. The predicted molar refractivity (Wildman–Crippen MR) is 89.4 cm³/mol. The molecule has 2 unspecified atom stereocenters. The second-order valence-electron chi connectivity index (χ2n) is 7.57. The van der Waals surface area contributed by atoms with Gasteiger partial charge in [0.2, 0.25) is 0 Å². The van der Waals surface area contributed by atoms with Crippen molar-refractivity contribution in [1.29, 1.82) is 0 Å². The SMILES string of the molecule is CC(C(C)(C)c1cc(F)ccc1O)C(O)(C(=O)O)C1CCCCC1. The van der Waals surface area contributed by atoms with Crippen LogP contribution in [-0.4, -0.2) is 26.9 Å².